The lowest BCUT2D eigenvalue weighted by Crippen LogP contribution is -2.21. The molecule has 0 amide bonds. The van der Waals surface area contributed by atoms with Crippen molar-refractivity contribution < 1.29 is 9.53 Å². The summed E-state index contributed by atoms with van der Waals surface area (Å²) in [6.07, 6.45) is 2.49. The van der Waals surface area contributed by atoms with Crippen LogP contribution in [0.1, 0.15) is 40.0 Å². The van der Waals surface area contributed by atoms with Gasteiger partial charge in [0.2, 0.25) is 0 Å². The first-order valence-corrected chi connectivity index (χ1v) is 7.14. The van der Waals surface area contributed by atoms with Crippen LogP contribution in [0, 0.1) is 0 Å². The highest BCUT2D eigenvalue weighted by Gasteiger charge is 2.03. The monoisotopic (exact) mass is 263 g/mol. The molecule has 0 heterocycles. The van der Waals surface area contributed by atoms with Gasteiger partial charge in [-0.15, -0.1) is 0 Å². The van der Waals surface area contributed by atoms with Gasteiger partial charge < -0.3 is 14.4 Å². The molecule has 0 aliphatic carbocycles. The normalized spacial score (nSPS) is 10.3. The standard InChI is InChI=1S/C16H25NO2/c1-4-17(5-2)15-10-8-11-16(13-15)19-12-7-6-9-14(3)18/h8,10-11,13H,4-7,9,12H2,1-3H3. The smallest absolute Gasteiger partial charge is 0.129 e. The molecule has 0 saturated heterocycles. The van der Waals surface area contributed by atoms with Gasteiger partial charge in [-0.1, -0.05) is 6.07 Å². The Hall–Kier alpha value is -1.51. The van der Waals surface area contributed by atoms with Crippen molar-refractivity contribution in [2.45, 2.75) is 40.0 Å². The third-order valence-electron chi connectivity index (χ3n) is 3.14. The molecule has 0 radical (unpaired) electrons. The molecule has 0 fully saturated rings. The lowest BCUT2D eigenvalue weighted by Gasteiger charge is -2.21. The zero-order chi connectivity index (χ0) is 14.1. The van der Waals surface area contributed by atoms with E-state index in [2.05, 4.69) is 30.9 Å². The summed E-state index contributed by atoms with van der Waals surface area (Å²) < 4.78 is 5.73. The number of benzene rings is 1. The van der Waals surface area contributed by atoms with Gasteiger partial charge >= 0.3 is 0 Å². The minimum Gasteiger partial charge on any atom is -0.494 e. The molecule has 0 atom stereocenters. The van der Waals surface area contributed by atoms with Crippen LogP contribution in [0.25, 0.3) is 0 Å². The molecule has 0 aromatic heterocycles. The molecule has 0 saturated carbocycles. The second-order valence-corrected chi connectivity index (χ2v) is 4.68. The second-order valence-electron chi connectivity index (χ2n) is 4.68. The van der Waals surface area contributed by atoms with E-state index in [1.165, 1.54) is 5.69 Å². The zero-order valence-electron chi connectivity index (χ0n) is 12.3. The molecule has 1 aromatic carbocycles. The van der Waals surface area contributed by atoms with Crippen molar-refractivity contribution in [1.29, 1.82) is 0 Å². The minimum absolute atomic E-state index is 0.253. The fourth-order valence-electron chi connectivity index (χ4n) is 2.02. The van der Waals surface area contributed by atoms with E-state index in [1.54, 1.807) is 6.92 Å². The lowest BCUT2D eigenvalue weighted by atomic mass is 10.2. The molecule has 0 unspecified atom stereocenters. The van der Waals surface area contributed by atoms with E-state index in [-0.39, 0.29) is 5.78 Å². The van der Waals surface area contributed by atoms with E-state index in [4.69, 9.17) is 4.74 Å². The maximum atomic E-state index is 10.8. The van der Waals surface area contributed by atoms with Crippen molar-refractivity contribution in [2.75, 3.05) is 24.6 Å². The number of unbranched alkanes of at least 4 members (excludes halogenated alkanes) is 1. The summed E-state index contributed by atoms with van der Waals surface area (Å²) in [4.78, 5) is 13.1. The molecule has 19 heavy (non-hydrogen) atoms. The number of anilines is 1. The highest BCUT2D eigenvalue weighted by atomic mass is 16.5. The third-order valence-corrected chi connectivity index (χ3v) is 3.14. The van der Waals surface area contributed by atoms with Crippen LogP contribution in [0.15, 0.2) is 24.3 Å². The highest BCUT2D eigenvalue weighted by Crippen LogP contribution is 2.21. The summed E-state index contributed by atoms with van der Waals surface area (Å²) in [7, 11) is 0. The maximum Gasteiger partial charge on any atom is 0.129 e. The van der Waals surface area contributed by atoms with Crippen LogP contribution in [-0.4, -0.2) is 25.5 Å². The zero-order valence-corrected chi connectivity index (χ0v) is 12.3. The van der Waals surface area contributed by atoms with Gasteiger partial charge in [0.25, 0.3) is 0 Å². The summed E-state index contributed by atoms with van der Waals surface area (Å²) in [5, 5.41) is 0. The number of ether oxygens (including phenoxy) is 1. The van der Waals surface area contributed by atoms with Crippen molar-refractivity contribution in [3.8, 4) is 5.75 Å². The Kier molecular flexibility index (Phi) is 7.01. The molecule has 0 N–H and O–H groups in total. The summed E-state index contributed by atoms with van der Waals surface area (Å²) in [5.74, 6) is 1.16. The molecule has 0 spiro atoms. The average Bonchev–Trinajstić information content (AvgIpc) is 2.40. The third kappa shape index (κ3) is 5.77. The summed E-state index contributed by atoms with van der Waals surface area (Å²) in [5.41, 5.74) is 1.20. The average molecular weight is 263 g/mol. The van der Waals surface area contributed by atoms with Crippen LogP contribution in [-0.2, 0) is 4.79 Å². The van der Waals surface area contributed by atoms with Crippen molar-refractivity contribution in [3.05, 3.63) is 24.3 Å². The van der Waals surface area contributed by atoms with Crippen LogP contribution in [0.4, 0.5) is 5.69 Å². The van der Waals surface area contributed by atoms with Gasteiger partial charge in [0.15, 0.2) is 0 Å². The molecule has 106 valence electrons. The largest absolute Gasteiger partial charge is 0.494 e. The van der Waals surface area contributed by atoms with Gasteiger partial charge in [0, 0.05) is 31.3 Å². The molecule has 0 bridgehead atoms. The quantitative estimate of drug-likeness (QED) is 0.637. The molecule has 1 aromatic rings. The Labute approximate surface area is 116 Å². The van der Waals surface area contributed by atoms with Gasteiger partial charge in [-0.05, 0) is 45.7 Å². The first kappa shape index (κ1) is 15.5. The summed E-state index contributed by atoms with van der Waals surface area (Å²) in [6, 6.07) is 8.20. The van der Waals surface area contributed by atoms with E-state index in [0.717, 1.165) is 31.7 Å². The lowest BCUT2D eigenvalue weighted by molar-refractivity contribution is -0.117. The van der Waals surface area contributed by atoms with Crippen molar-refractivity contribution in [3.63, 3.8) is 0 Å². The van der Waals surface area contributed by atoms with Gasteiger partial charge in [0.05, 0.1) is 6.61 Å². The predicted molar refractivity (Wildman–Crippen MR) is 80.0 cm³/mol. The molecular weight excluding hydrogens is 238 g/mol. The Balaban J connectivity index is 2.42. The Morgan fingerprint density at radius 3 is 2.58 bits per heavy atom. The topological polar surface area (TPSA) is 29.5 Å². The van der Waals surface area contributed by atoms with E-state index < -0.39 is 0 Å². The van der Waals surface area contributed by atoms with Crippen LogP contribution < -0.4 is 9.64 Å². The Morgan fingerprint density at radius 2 is 1.95 bits per heavy atom. The first-order chi connectivity index (χ1) is 9.17. The van der Waals surface area contributed by atoms with Crippen LogP contribution in [0.5, 0.6) is 5.75 Å². The van der Waals surface area contributed by atoms with E-state index >= 15 is 0 Å². The fraction of sp³-hybridized carbons (Fsp3) is 0.562. The van der Waals surface area contributed by atoms with E-state index in [0.29, 0.717) is 13.0 Å². The maximum absolute atomic E-state index is 10.8. The summed E-state index contributed by atoms with van der Waals surface area (Å²) in [6.45, 7) is 8.61. The van der Waals surface area contributed by atoms with Gasteiger partial charge in [-0.25, -0.2) is 0 Å². The van der Waals surface area contributed by atoms with Crippen molar-refractivity contribution >= 4 is 11.5 Å². The number of ketones is 1. The van der Waals surface area contributed by atoms with Crippen LogP contribution in [0.2, 0.25) is 0 Å². The molecular formula is C16H25NO2. The number of nitrogens with zero attached hydrogens (tertiary/aromatic N) is 1. The predicted octanol–water partition coefficient (Wildman–Crippen LogP) is 3.67. The SMILES string of the molecule is CCN(CC)c1cccc(OCCCCC(C)=O)c1. The van der Waals surface area contributed by atoms with Crippen molar-refractivity contribution in [1.82, 2.24) is 0 Å². The van der Waals surface area contributed by atoms with Crippen LogP contribution in [0.3, 0.4) is 0 Å². The number of hydrogen-bond acceptors (Lipinski definition) is 3. The number of hydrogen-bond donors (Lipinski definition) is 0. The molecule has 0 aliphatic rings. The summed E-state index contributed by atoms with van der Waals surface area (Å²) >= 11 is 0. The first-order valence-electron chi connectivity index (χ1n) is 7.14. The fourth-order valence-corrected chi connectivity index (χ4v) is 2.02. The second kappa shape index (κ2) is 8.57. The van der Waals surface area contributed by atoms with Crippen molar-refractivity contribution in [2.24, 2.45) is 0 Å². The Bertz CT molecular complexity index is 386. The molecule has 0 aliphatic heterocycles. The number of carbonyl (C=O) groups is 1. The van der Waals surface area contributed by atoms with E-state index in [9.17, 15) is 4.79 Å². The van der Waals surface area contributed by atoms with E-state index in [1.807, 2.05) is 12.1 Å². The van der Waals surface area contributed by atoms with Gasteiger partial charge in [0.1, 0.15) is 11.5 Å². The number of Topliss-reactive ketones (excluding diaryl/α,β-unsaturated/α-hetero) is 1. The number of carbonyl (C=O) groups excluding carboxylic acids is 1. The van der Waals surface area contributed by atoms with Gasteiger partial charge in [-0.3, -0.25) is 0 Å². The minimum atomic E-state index is 0.253. The number of rotatable bonds is 9. The Morgan fingerprint density at radius 1 is 1.21 bits per heavy atom. The van der Waals surface area contributed by atoms with Gasteiger partial charge in [-0.2, -0.15) is 0 Å². The highest BCUT2D eigenvalue weighted by molar-refractivity contribution is 5.75. The molecule has 3 nitrogen and oxygen atoms in total. The molecule has 3 heteroatoms. The van der Waals surface area contributed by atoms with Crippen LogP contribution >= 0.6 is 0 Å². The molecule has 1 rings (SSSR count).